The minimum absolute atomic E-state index is 0. The average Bonchev–Trinajstić information content (AvgIpc) is 3.54. The van der Waals surface area contributed by atoms with Gasteiger partial charge >= 0.3 is 15.1 Å². The standard InChI is InChI=1S/C20H26N2.C5H8.2BF3.2FH.Fe/c1-21-14-9-19(10-15-21)20-11-16-22(17-12-20)13-5-4-8-18-6-2-3-7-18;1-2-4-5-3-1;2*2-1(3)4;;;/h2,6,9-12,14-18H,3-5,7-8,13H2,1H3;1-2H,3-5H2;;;2*1H;/q+2;;;;;;/p-2/t18-;;;;;;/m1....../s1. The van der Waals surface area contributed by atoms with Crippen LogP contribution in [0.1, 0.15) is 51.4 Å². The topological polar surface area (TPSA) is 7.76 Å². The molecule has 0 fully saturated rings. The number of pyridine rings is 2. The van der Waals surface area contributed by atoms with E-state index < -0.39 is 15.1 Å². The van der Waals surface area contributed by atoms with Gasteiger partial charge in [0.15, 0.2) is 24.8 Å². The van der Waals surface area contributed by atoms with E-state index >= 15 is 0 Å². The smallest absolute Gasteiger partial charge is 0.762 e. The van der Waals surface area contributed by atoms with Crippen LogP contribution < -0.4 is 18.5 Å². The molecule has 2 nitrogen and oxygen atoms in total. The molecule has 0 spiro atoms. The van der Waals surface area contributed by atoms with Crippen LogP contribution in [0.5, 0.6) is 0 Å². The number of nitrogens with zero attached hydrogens (tertiary/aromatic N) is 2. The van der Waals surface area contributed by atoms with Gasteiger partial charge in [-0.1, -0.05) is 24.3 Å². The van der Waals surface area contributed by atoms with Crippen molar-refractivity contribution < 1.29 is 61.5 Å². The summed E-state index contributed by atoms with van der Waals surface area (Å²) in [4.78, 5) is 0. The summed E-state index contributed by atoms with van der Waals surface area (Å²) < 4.78 is 62.4. The predicted octanol–water partition coefficient (Wildman–Crippen LogP) is 1.09. The molecule has 0 bridgehead atoms. The Labute approximate surface area is 231 Å². The molecule has 0 aromatic carbocycles. The first kappa shape index (κ1) is 40.4. The van der Waals surface area contributed by atoms with Gasteiger partial charge in [0.25, 0.3) is 0 Å². The Hall–Kier alpha value is -2.13. The van der Waals surface area contributed by atoms with Gasteiger partial charge in [0.05, 0.1) is 0 Å². The Morgan fingerprint density at radius 2 is 1.21 bits per heavy atom. The third-order valence-electron chi connectivity index (χ3n) is 5.46. The molecule has 0 saturated carbocycles. The third-order valence-corrected chi connectivity index (χ3v) is 5.46. The molecule has 1 atom stereocenters. The molecule has 13 heteroatoms. The maximum absolute atomic E-state index is 9.67. The maximum Gasteiger partial charge on any atom is 0.762 e. The van der Waals surface area contributed by atoms with Crippen LogP contribution in [0.2, 0.25) is 0 Å². The zero-order chi connectivity index (χ0) is 25.9. The molecule has 214 valence electrons. The van der Waals surface area contributed by atoms with Crippen molar-refractivity contribution in [3.63, 3.8) is 0 Å². The van der Waals surface area contributed by atoms with Crippen LogP contribution in [-0.4, -0.2) is 15.1 Å². The monoisotopic (exact) mass is 592 g/mol. The van der Waals surface area contributed by atoms with Crippen LogP contribution in [0.3, 0.4) is 0 Å². The van der Waals surface area contributed by atoms with Crippen molar-refractivity contribution in [2.75, 3.05) is 0 Å². The van der Waals surface area contributed by atoms with E-state index in [1.54, 1.807) is 0 Å². The molecule has 2 heterocycles. The van der Waals surface area contributed by atoms with Crippen molar-refractivity contribution in [3.05, 3.63) is 73.4 Å². The molecule has 0 unspecified atom stereocenters. The summed E-state index contributed by atoms with van der Waals surface area (Å²) in [6, 6.07) is 8.76. The fourth-order valence-corrected chi connectivity index (χ4v) is 3.72. The zero-order valence-corrected chi connectivity index (χ0v) is 22.4. The van der Waals surface area contributed by atoms with Gasteiger partial charge in [0, 0.05) is 47.8 Å². The molecule has 0 aliphatic heterocycles. The van der Waals surface area contributed by atoms with E-state index in [9.17, 15) is 25.9 Å². The number of unbranched alkanes of at least 4 members (excludes halogenated alkanes) is 1. The van der Waals surface area contributed by atoms with Gasteiger partial charge in [-0.2, -0.15) is 0 Å². The van der Waals surface area contributed by atoms with Crippen LogP contribution in [0.25, 0.3) is 11.1 Å². The summed E-state index contributed by atoms with van der Waals surface area (Å²) in [6.45, 7) is 1.13. The van der Waals surface area contributed by atoms with E-state index in [4.69, 9.17) is 0 Å². The number of rotatable bonds is 6. The first-order valence-corrected chi connectivity index (χ1v) is 11.9. The number of hydrogen-bond acceptors (Lipinski definition) is 0. The molecular formula is C25H34B2F8FeN2. The van der Waals surface area contributed by atoms with Crippen LogP contribution in [0.15, 0.2) is 73.4 Å². The molecule has 2 aliphatic rings. The number of aryl methyl sites for hydroxylation is 2. The Bertz CT molecular complexity index is 840. The fraction of sp³-hybridized carbons (Fsp3) is 0.440. The second-order valence-corrected chi connectivity index (χ2v) is 8.24. The van der Waals surface area contributed by atoms with Gasteiger partial charge in [-0.05, 0) is 62.0 Å². The van der Waals surface area contributed by atoms with Crippen LogP contribution in [0.4, 0.5) is 25.9 Å². The summed E-state index contributed by atoms with van der Waals surface area (Å²) in [5.74, 6) is 0.854. The van der Waals surface area contributed by atoms with E-state index in [-0.39, 0.29) is 26.5 Å². The molecule has 0 radical (unpaired) electrons. The Morgan fingerprint density at radius 1 is 0.737 bits per heavy atom. The largest absolute Gasteiger partial charge is 1.00 e. The molecule has 2 aromatic heterocycles. The minimum atomic E-state index is -3.67. The van der Waals surface area contributed by atoms with Gasteiger partial charge in [0.2, 0.25) is 0 Å². The molecular weight excluding hydrogens is 558 g/mol. The fourth-order valence-electron chi connectivity index (χ4n) is 3.72. The molecule has 0 saturated heterocycles. The molecule has 0 N–H and O–H groups in total. The maximum atomic E-state index is 9.67. The number of aromatic nitrogens is 2. The van der Waals surface area contributed by atoms with Gasteiger partial charge in [-0.25, -0.2) is 9.13 Å². The van der Waals surface area contributed by atoms with E-state index in [0.717, 1.165) is 12.5 Å². The third kappa shape index (κ3) is 21.9. The van der Waals surface area contributed by atoms with Crippen molar-refractivity contribution in [3.8, 4) is 11.1 Å². The first-order chi connectivity index (χ1) is 16.8. The average molecular weight is 592 g/mol. The van der Waals surface area contributed by atoms with E-state index in [1.165, 1.54) is 62.5 Å². The SMILES string of the molecule is C1=CCCC1.C[n+]1ccc(-c2cc[n+](CCCC[C@@H]3C=CCC3)cc2)cc1.FB(F)F.FB(F)F.[F-].[F-].[Fe]. The van der Waals surface area contributed by atoms with E-state index in [2.05, 4.69) is 82.5 Å². The predicted molar refractivity (Wildman–Crippen MR) is 130 cm³/mol. The van der Waals surface area contributed by atoms with Gasteiger partial charge in [-0.3, -0.25) is 25.9 Å². The Morgan fingerprint density at radius 3 is 1.61 bits per heavy atom. The molecule has 0 amide bonds. The van der Waals surface area contributed by atoms with Crippen LogP contribution in [-0.2, 0) is 30.7 Å². The van der Waals surface area contributed by atoms with E-state index in [1.807, 2.05) is 7.05 Å². The quantitative estimate of drug-likeness (QED) is 0.156. The van der Waals surface area contributed by atoms with Crippen molar-refractivity contribution >= 4 is 15.1 Å². The van der Waals surface area contributed by atoms with Crippen molar-refractivity contribution in [2.45, 2.75) is 57.9 Å². The van der Waals surface area contributed by atoms with Crippen LogP contribution >= 0.6 is 0 Å². The molecule has 2 aliphatic carbocycles. The zero-order valence-electron chi connectivity index (χ0n) is 21.3. The minimum Gasteiger partial charge on any atom is -1.00 e. The van der Waals surface area contributed by atoms with Crippen molar-refractivity contribution in [1.29, 1.82) is 0 Å². The van der Waals surface area contributed by atoms with Gasteiger partial charge in [0.1, 0.15) is 13.6 Å². The van der Waals surface area contributed by atoms with Crippen LogP contribution in [0, 0.1) is 5.92 Å². The van der Waals surface area contributed by atoms with Gasteiger partial charge < -0.3 is 9.41 Å². The Kier molecular flexibility index (Phi) is 26.7. The summed E-state index contributed by atoms with van der Waals surface area (Å²) in [7, 11) is -5.29. The first-order valence-electron chi connectivity index (χ1n) is 11.9. The Balaban J connectivity index is -0.000000640. The second-order valence-electron chi connectivity index (χ2n) is 8.24. The number of hydrogen-bond donors (Lipinski definition) is 0. The number of allylic oxidation sites excluding steroid dienone is 4. The summed E-state index contributed by atoms with van der Waals surface area (Å²) >= 11 is 0. The van der Waals surface area contributed by atoms with Crippen molar-refractivity contribution in [1.82, 2.24) is 0 Å². The molecule has 2 aromatic rings. The summed E-state index contributed by atoms with van der Waals surface area (Å²) in [5.41, 5.74) is 2.56. The molecule has 38 heavy (non-hydrogen) atoms. The van der Waals surface area contributed by atoms with Gasteiger partial charge in [-0.15, -0.1) is 0 Å². The normalized spacial score (nSPS) is 14.0. The molecule has 4 rings (SSSR count). The van der Waals surface area contributed by atoms with E-state index in [0.29, 0.717) is 0 Å². The number of halogens is 8. The van der Waals surface area contributed by atoms with Crippen molar-refractivity contribution in [2.24, 2.45) is 13.0 Å². The summed E-state index contributed by atoms with van der Waals surface area (Å²) in [6.07, 6.45) is 28.5. The summed E-state index contributed by atoms with van der Waals surface area (Å²) in [5, 5.41) is 0. The second kappa shape index (κ2) is 25.2.